The number of thiocarbonyl (C=S) groups is 1. The van der Waals surface area contributed by atoms with Gasteiger partial charge in [-0.05, 0) is 62.5 Å². The number of nitrogens with zero attached hydrogens (tertiary/aromatic N) is 2. The van der Waals surface area contributed by atoms with Gasteiger partial charge in [0.15, 0.2) is 5.11 Å². The number of hydrogen-bond acceptors (Lipinski definition) is 3. The number of likely N-dealkylation sites (N-methyl/N-ethyl adjacent to an activating group) is 2. The highest BCUT2D eigenvalue weighted by Gasteiger charge is 2.36. The van der Waals surface area contributed by atoms with Crippen molar-refractivity contribution >= 4 is 40.9 Å². The van der Waals surface area contributed by atoms with E-state index in [4.69, 9.17) is 28.2 Å². The van der Waals surface area contributed by atoms with E-state index in [1.54, 1.807) is 11.0 Å². The monoisotopic (exact) mass is 360 g/mol. The maximum Gasteiger partial charge on any atom is 0.276 e. The fourth-order valence-electron chi connectivity index (χ4n) is 2.65. The lowest BCUT2D eigenvalue weighted by Crippen LogP contribution is -2.32. The minimum Gasteiger partial charge on any atom is -0.457 e. The summed E-state index contributed by atoms with van der Waals surface area (Å²) in [6.45, 7) is 5.07. The van der Waals surface area contributed by atoms with Crippen LogP contribution in [0.25, 0.3) is 17.4 Å². The number of benzene rings is 1. The van der Waals surface area contributed by atoms with Gasteiger partial charge in [-0.3, -0.25) is 9.69 Å². The van der Waals surface area contributed by atoms with E-state index in [1.807, 2.05) is 55.1 Å². The molecule has 1 fully saturated rings. The molecule has 2 heterocycles. The van der Waals surface area contributed by atoms with Crippen molar-refractivity contribution in [2.24, 2.45) is 0 Å². The highest BCUT2D eigenvalue weighted by molar-refractivity contribution is 7.80. The molecule has 0 atom stereocenters. The molecule has 4 nitrogen and oxygen atoms in total. The van der Waals surface area contributed by atoms with Crippen LogP contribution in [-0.4, -0.2) is 33.9 Å². The molecule has 1 aliphatic rings. The Morgan fingerprint density at radius 3 is 2.38 bits per heavy atom. The van der Waals surface area contributed by atoms with Gasteiger partial charge in [-0.1, -0.05) is 11.6 Å². The molecule has 0 aliphatic carbocycles. The summed E-state index contributed by atoms with van der Waals surface area (Å²) in [5, 5.41) is 1.22. The van der Waals surface area contributed by atoms with E-state index < -0.39 is 0 Å². The Labute approximate surface area is 151 Å². The summed E-state index contributed by atoms with van der Waals surface area (Å²) < 4.78 is 5.86. The van der Waals surface area contributed by atoms with Gasteiger partial charge >= 0.3 is 0 Å². The van der Waals surface area contributed by atoms with Crippen molar-refractivity contribution in [3.05, 3.63) is 52.9 Å². The number of amides is 1. The van der Waals surface area contributed by atoms with Crippen LogP contribution in [0.2, 0.25) is 5.02 Å². The standard InChI is InChI=1S/C18H17ClN2O2S/c1-3-20-15(17(22)21(4-2)18(20)24)11-14-9-10-16(23-14)12-5-7-13(19)8-6-12/h5-11H,3-4H2,1-2H3/b15-11+. The first-order valence-electron chi connectivity index (χ1n) is 7.76. The van der Waals surface area contributed by atoms with Crippen LogP contribution in [0.4, 0.5) is 0 Å². The van der Waals surface area contributed by atoms with Crippen LogP contribution >= 0.6 is 23.8 Å². The van der Waals surface area contributed by atoms with Crippen molar-refractivity contribution in [3.8, 4) is 11.3 Å². The number of halogens is 1. The van der Waals surface area contributed by atoms with Crippen molar-refractivity contribution in [1.82, 2.24) is 9.80 Å². The Morgan fingerprint density at radius 2 is 1.75 bits per heavy atom. The number of rotatable bonds is 4. The van der Waals surface area contributed by atoms with Gasteiger partial charge in [0.2, 0.25) is 0 Å². The Bertz CT molecular complexity index is 811. The second-order valence-electron chi connectivity index (χ2n) is 5.31. The van der Waals surface area contributed by atoms with Gasteiger partial charge in [0.25, 0.3) is 5.91 Å². The summed E-state index contributed by atoms with van der Waals surface area (Å²) in [5.74, 6) is 1.25. The SMILES string of the molecule is CCN1C(=O)/C(=C\c2ccc(-c3ccc(Cl)cc3)o2)N(CC)C1=S. The van der Waals surface area contributed by atoms with Crippen molar-refractivity contribution in [1.29, 1.82) is 0 Å². The van der Waals surface area contributed by atoms with E-state index in [0.29, 0.717) is 34.7 Å². The predicted octanol–water partition coefficient (Wildman–Crippen LogP) is 4.41. The maximum absolute atomic E-state index is 12.5. The second kappa shape index (κ2) is 6.79. The highest BCUT2D eigenvalue weighted by atomic mass is 35.5. The van der Waals surface area contributed by atoms with Crippen LogP contribution in [0.1, 0.15) is 19.6 Å². The molecule has 0 radical (unpaired) electrons. The van der Waals surface area contributed by atoms with E-state index in [9.17, 15) is 4.79 Å². The Kier molecular flexibility index (Phi) is 4.73. The van der Waals surface area contributed by atoms with Crippen LogP contribution in [0.5, 0.6) is 0 Å². The van der Waals surface area contributed by atoms with Gasteiger partial charge in [-0.25, -0.2) is 0 Å². The van der Waals surface area contributed by atoms with Crippen molar-refractivity contribution < 1.29 is 9.21 Å². The van der Waals surface area contributed by atoms with Gasteiger partial charge in [-0.15, -0.1) is 0 Å². The molecule has 24 heavy (non-hydrogen) atoms. The van der Waals surface area contributed by atoms with Gasteiger partial charge in [0.05, 0.1) is 0 Å². The van der Waals surface area contributed by atoms with E-state index in [2.05, 4.69) is 0 Å². The molecule has 1 amide bonds. The quantitative estimate of drug-likeness (QED) is 0.597. The summed E-state index contributed by atoms with van der Waals surface area (Å²) in [6, 6.07) is 11.1. The first kappa shape index (κ1) is 16.7. The molecule has 1 aliphatic heterocycles. The second-order valence-corrected chi connectivity index (χ2v) is 6.12. The van der Waals surface area contributed by atoms with Gasteiger partial charge < -0.3 is 9.32 Å². The third-order valence-corrected chi connectivity index (χ3v) is 4.58. The maximum atomic E-state index is 12.5. The number of carbonyl (C=O) groups is 1. The fraction of sp³-hybridized carbons (Fsp3) is 0.222. The van der Waals surface area contributed by atoms with E-state index in [1.165, 1.54) is 0 Å². The number of hydrogen-bond donors (Lipinski definition) is 0. The lowest BCUT2D eigenvalue weighted by atomic mass is 10.2. The van der Waals surface area contributed by atoms with E-state index in [-0.39, 0.29) is 5.91 Å². The van der Waals surface area contributed by atoms with Crippen molar-refractivity contribution in [2.75, 3.05) is 13.1 Å². The summed E-state index contributed by atoms with van der Waals surface area (Å²) in [5.41, 5.74) is 1.47. The predicted molar refractivity (Wildman–Crippen MR) is 99.5 cm³/mol. The molecule has 1 saturated heterocycles. The lowest BCUT2D eigenvalue weighted by Gasteiger charge is -2.16. The molecule has 0 bridgehead atoms. The van der Waals surface area contributed by atoms with Crippen LogP contribution in [0.15, 0.2) is 46.5 Å². The average molecular weight is 361 g/mol. The molecule has 0 N–H and O–H groups in total. The van der Waals surface area contributed by atoms with Crippen molar-refractivity contribution in [2.45, 2.75) is 13.8 Å². The molecule has 3 rings (SSSR count). The smallest absolute Gasteiger partial charge is 0.276 e. The van der Waals surface area contributed by atoms with Crippen LogP contribution < -0.4 is 0 Å². The van der Waals surface area contributed by atoms with Gasteiger partial charge in [-0.2, -0.15) is 0 Å². The van der Waals surface area contributed by atoms with Crippen molar-refractivity contribution in [3.63, 3.8) is 0 Å². The fourth-order valence-corrected chi connectivity index (χ4v) is 3.21. The highest BCUT2D eigenvalue weighted by Crippen LogP contribution is 2.27. The molecule has 0 saturated carbocycles. The Morgan fingerprint density at radius 1 is 1.08 bits per heavy atom. The zero-order valence-electron chi connectivity index (χ0n) is 13.5. The Hall–Kier alpha value is -2.11. The third kappa shape index (κ3) is 2.97. The molecule has 1 aromatic heterocycles. The summed E-state index contributed by atoms with van der Waals surface area (Å²) in [4.78, 5) is 15.9. The largest absolute Gasteiger partial charge is 0.457 e. The molecule has 2 aromatic rings. The number of furan rings is 1. The molecular weight excluding hydrogens is 344 g/mol. The summed E-state index contributed by atoms with van der Waals surface area (Å²) in [6.07, 6.45) is 1.74. The Balaban J connectivity index is 1.92. The zero-order chi connectivity index (χ0) is 17.3. The topological polar surface area (TPSA) is 36.7 Å². The molecule has 0 unspecified atom stereocenters. The number of carbonyl (C=O) groups excluding carboxylic acids is 1. The third-order valence-electron chi connectivity index (χ3n) is 3.88. The zero-order valence-corrected chi connectivity index (χ0v) is 15.0. The molecule has 124 valence electrons. The molecule has 1 aromatic carbocycles. The van der Waals surface area contributed by atoms with E-state index in [0.717, 1.165) is 11.3 Å². The summed E-state index contributed by atoms with van der Waals surface area (Å²) in [7, 11) is 0. The van der Waals surface area contributed by atoms with Crippen LogP contribution in [-0.2, 0) is 4.79 Å². The van der Waals surface area contributed by atoms with Crippen LogP contribution in [0.3, 0.4) is 0 Å². The average Bonchev–Trinajstić information content (AvgIpc) is 3.12. The minimum atomic E-state index is -0.0891. The normalized spacial score (nSPS) is 16.5. The molecule has 6 heteroatoms. The first-order chi connectivity index (χ1) is 11.5. The van der Waals surface area contributed by atoms with Gasteiger partial charge in [0, 0.05) is 29.8 Å². The van der Waals surface area contributed by atoms with Gasteiger partial charge in [0.1, 0.15) is 17.2 Å². The first-order valence-corrected chi connectivity index (χ1v) is 8.54. The van der Waals surface area contributed by atoms with Crippen LogP contribution in [0, 0.1) is 0 Å². The summed E-state index contributed by atoms with van der Waals surface area (Å²) >= 11 is 11.3. The minimum absolute atomic E-state index is 0.0891. The van der Waals surface area contributed by atoms with E-state index >= 15 is 0 Å². The lowest BCUT2D eigenvalue weighted by molar-refractivity contribution is -0.122. The molecular formula is C18H17ClN2O2S. The molecule has 0 spiro atoms.